The Hall–Kier alpha value is -0.730. The molecule has 0 amide bonds. The number of aryl methyl sites for hydroxylation is 1. The summed E-state index contributed by atoms with van der Waals surface area (Å²) in [5.41, 5.74) is 5.93. The van der Waals surface area contributed by atoms with Gasteiger partial charge in [-0.1, -0.05) is 6.92 Å². The van der Waals surface area contributed by atoms with Crippen LogP contribution in [0.1, 0.15) is 12.5 Å². The first-order valence-electron chi connectivity index (χ1n) is 3.38. The fourth-order valence-corrected chi connectivity index (χ4v) is 0.941. The van der Waals surface area contributed by atoms with Crippen molar-refractivity contribution in [3.63, 3.8) is 0 Å². The summed E-state index contributed by atoms with van der Waals surface area (Å²) in [5, 5.41) is 9.04. The lowest BCUT2D eigenvalue weighted by atomic mass is 10.1. The molecule has 1 aromatic carbocycles. The van der Waals surface area contributed by atoms with E-state index < -0.39 is 0 Å². The highest BCUT2D eigenvalue weighted by Crippen LogP contribution is 2.16. The fourth-order valence-electron chi connectivity index (χ4n) is 0.941. The summed E-state index contributed by atoms with van der Waals surface area (Å²) in [6.07, 6.45) is 0.924. The molecule has 0 atom stereocenters. The first kappa shape index (κ1) is 10.3. The molecule has 11 heavy (non-hydrogen) atoms. The van der Waals surface area contributed by atoms with Crippen molar-refractivity contribution in [3.05, 3.63) is 23.8 Å². The Kier molecular flexibility index (Phi) is 3.93. The zero-order valence-corrected chi connectivity index (χ0v) is 7.23. The molecular weight excluding hydrogens is 162 g/mol. The molecule has 0 aliphatic carbocycles. The predicted molar refractivity (Wildman–Crippen MR) is 40.0 cm³/mol. The van der Waals surface area contributed by atoms with Crippen molar-refractivity contribution in [2.24, 2.45) is 0 Å². The molecule has 0 bridgehead atoms. The molecule has 0 spiro atoms. The zero-order chi connectivity index (χ0) is 7.56. The van der Waals surface area contributed by atoms with Crippen molar-refractivity contribution in [2.45, 2.75) is 13.3 Å². The average Bonchev–Trinajstić information content (AvgIpc) is 1.94. The Balaban J connectivity index is 0.000001000. The molecule has 62 valence electrons. The summed E-state index contributed by atoms with van der Waals surface area (Å²) < 4.78 is 0. The fraction of sp³-hybridized carbons (Fsp3) is 0.250. The van der Waals surface area contributed by atoms with Crippen molar-refractivity contribution in [1.29, 1.82) is 0 Å². The Labute approximate surface area is 72.4 Å². The third kappa shape index (κ3) is 2.41. The minimum absolute atomic E-state index is 0. The normalized spacial score (nSPS) is 8.91. The molecule has 0 fully saturated rings. The van der Waals surface area contributed by atoms with Crippen LogP contribution in [0.2, 0.25) is 0 Å². The second-order valence-electron chi connectivity index (χ2n) is 2.31. The van der Waals surface area contributed by atoms with E-state index in [0.717, 1.165) is 17.7 Å². The second kappa shape index (κ2) is 4.21. The quantitative estimate of drug-likeness (QED) is 0.499. The van der Waals surface area contributed by atoms with Gasteiger partial charge in [0.15, 0.2) is 0 Å². The third-order valence-electron chi connectivity index (χ3n) is 1.57. The molecular formula is C8H12ClNO. The van der Waals surface area contributed by atoms with Gasteiger partial charge in [-0.25, -0.2) is 0 Å². The number of halogens is 1. The largest absolute Gasteiger partial charge is 1.00 e. The van der Waals surface area contributed by atoms with Crippen molar-refractivity contribution in [2.75, 3.05) is 0 Å². The Morgan fingerprint density at radius 2 is 2.09 bits per heavy atom. The second-order valence-corrected chi connectivity index (χ2v) is 2.31. The van der Waals surface area contributed by atoms with Gasteiger partial charge in [-0.3, -0.25) is 0 Å². The predicted octanol–water partition coefficient (Wildman–Crippen LogP) is -2.17. The van der Waals surface area contributed by atoms with Crippen LogP contribution in [0.15, 0.2) is 18.2 Å². The number of benzene rings is 1. The van der Waals surface area contributed by atoms with Crippen LogP contribution >= 0.6 is 0 Å². The van der Waals surface area contributed by atoms with E-state index in [2.05, 4.69) is 5.73 Å². The number of phenols is 1. The van der Waals surface area contributed by atoms with Gasteiger partial charge in [-0.05, 0) is 18.6 Å². The molecule has 0 aliphatic heterocycles. The third-order valence-corrected chi connectivity index (χ3v) is 1.57. The molecule has 0 heterocycles. The molecule has 0 saturated carbocycles. The lowest BCUT2D eigenvalue weighted by molar-refractivity contribution is -0.255. The van der Waals surface area contributed by atoms with Crippen LogP contribution in [0, 0.1) is 0 Å². The van der Waals surface area contributed by atoms with E-state index in [-0.39, 0.29) is 12.4 Å². The SMILES string of the molecule is CCc1cc(O)ccc1[NH3+].[Cl-]. The molecule has 0 aromatic heterocycles. The first-order valence-corrected chi connectivity index (χ1v) is 3.38. The van der Waals surface area contributed by atoms with E-state index >= 15 is 0 Å². The number of rotatable bonds is 1. The van der Waals surface area contributed by atoms with Gasteiger partial charge in [0.05, 0.1) is 0 Å². The number of aromatic hydroxyl groups is 1. The molecule has 0 radical (unpaired) electrons. The van der Waals surface area contributed by atoms with E-state index in [1.165, 1.54) is 0 Å². The molecule has 0 saturated heterocycles. The molecule has 1 rings (SSSR count). The highest BCUT2D eigenvalue weighted by Gasteiger charge is 1.99. The van der Waals surface area contributed by atoms with Crippen LogP contribution in [0.5, 0.6) is 5.75 Å². The summed E-state index contributed by atoms with van der Waals surface area (Å²) in [6, 6.07) is 5.23. The van der Waals surface area contributed by atoms with E-state index in [9.17, 15) is 0 Å². The van der Waals surface area contributed by atoms with Crippen LogP contribution in [-0.2, 0) is 6.42 Å². The Bertz CT molecular complexity index is 238. The van der Waals surface area contributed by atoms with Gasteiger partial charge >= 0.3 is 0 Å². The van der Waals surface area contributed by atoms with E-state index in [0.29, 0.717) is 5.75 Å². The van der Waals surface area contributed by atoms with E-state index in [4.69, 9.17) is 5.11 Å². The standard InChI is InChI=1S/C8H11NO.ClH/c1-2-6-5-7(10)3-4-8(6)9;/h3-5,10H,2,9H2,1H3;1H. The maximum Gasteiger partial charge on any atom is 0.131 e. The summed E-state index contributed by atoms with van der Waals surface area (Å²) in [5.74, 6) is 0.323. The summed E-state index contributed by atoms with van der Waals surface area (Å²) in [4.78, 5) is 0. The van der Waals surface area contributed by atoms with Crippen LogP contribution in [0.3, 0.4) is 0 Å². The van der Waals surface area contributed by atoms with Gasteiger partial charge in [0.25, 0.3) is 0 Å². The average molecular weight is 174 g/mol. The molecule has 3 heteroatoms. The highest BCUT2D eigenvalue weighted by atomic mass is 35.5. The Morgan fingerprint density at radius 3 is 2.55 bits per heavy atom. The number of phenolic OH excluding ortho intramolecular Hbond substituents is 1. The lowest BCUT2D eigenvalue weighted by Gasteiger charge is -1.97. The topological polar surface area (TPSA) is 47.9 Å². The van der Waals surface area contributed by atoms with Crippen molar-refractivity contribution in [1.82, 2.24) is 0 Å². The van der Waals surface area contributed by atoms with E-state index in [1.807, 2.05) is 13.0 Å². The number of hydrogen-bond acceptors (Lipinski definition) is 1. The number of hydrogen-bond donors (Lipinski definition) is 2. The van der Waals surface area contributed by atoms with Crippen molar-refractivity contribution >= 4 is 5.69 Å². The maximum atomic E-state index is 9.04. The van der Waals surface area contributed by atoms with Crippen LogP contribution in [-0.4, -0.2) is 5.11 Å². The van der Waals surface area contributed by atoms with Gasteiger partial charge in [0.1, 0.15) is 11.4 Å². The van der Waals surface area contributed by atoms with Crippen molar-refractivity contribution in [3.8, 4) is 5.75 Å². The summed E-state index contributed by atoms with van der Waals surface area (Å²) in [6.45, 7) is 2.05. The lowest BCUT2D eigenvalue weighted by Crippen LogP contribution is -3.00. The maximum absolute atomic E-state index is 9.04. The van der Waals surface area contributed by atoms with Crippen LogP contribution < -0.4 is 18.1 Å². The van der Waals surface area contributed by atoms with Gasteiger partial charge in [-0.2, -0.15) is 0 Å². The number of quaternary nitrogens is 1. The minimum atomic E-state index is 0. The zero-order valence-electron chi connectivity index (χ0n) is 6.47. The molecule has 1 aromatic rings. The molecule has 4 N–H and O–H groups in total. The van der Waals surface area contributed by atoms with Gasteiger partial charge in [0, 0.05) is 11.6 Å². The van der Waals surface area contributed by atoms with E-state index in [1.54, 1.807) is 12.1 Å². The molecule has 0 unspecified atom stereocenters. The van der Waals surface area contributed by atoms with Gasteiger partial charge in [-0.15, -0.1) is 0 Å². The minimum Gasteiger partial charge on any atom is -1.00 e. The first-order chi connectivity index (χ1) is 4.74. The monoisotopic (exact) mass is 173 g/mol. The Morgan fingerprint density at radius 1 is 1.45 bits per heavy atom. The van der Waals surface area contributed by atoms with Gasteiger partial charge < -0.3 is 23.2 Å². The van der Waals surface area contributed by atoms with Crippen LogP contribution in [0.25, 0.3) is 0 Å². The van der Waals surface area contributed by atoms with Gasteiger partial charge in [0.2, 0.25) is 0 Å². The van der Waals surface area contributed by atoms with Crippen molar-refractivity contribution < 1.29 is 23.2 Å². The smallest absolute Gasteiger partial charge is 0.131 e. The highest BCUT2D eigenvalue weighted by molar-refractivity contribution is 5.43. The summed E-state index contributed by atoms with van der Waals surface area (Å²) >= 11 is 0. The molecule has 2 nitrogen and oxygen atoms in total. The molecule has 0 aliphatic rings. The van der Waals surface area contributed by atoms with Crippen LogP contribution in [0.4, 0.5) is 5.69 Å². The summed E-state index contributed by atoms with van der Waals surface area (Å²) in [7, 11) is 0.